The van der Waals surface area contributed by atoms with Gasteiger partial charge in [-0.15, -0.1) is 0 Å². The first-order chi connectivity index (χ1) is 12.9. The van der Waals surface area contributed by atoms with Gasteiger partial charge < -0.3 is 19.4 Å². The molecule has 156 valence electrons. The molecule has 2 aliphatic heterocycles. The number of nitrogens with zero attached hydrogens (tertiary/aromatic N) is 3. The Morgan fingerprint density at radius 1 is 0.889 bits per heavy atom. The van der Waals surface area contributed by atoms with Crippen LogP contribution < -0.4 is 4.74 Å². The van der Waals surface area contributed by atoms with Gasteiger partial charge in [0.05, 0.1) is 7.11 Å². The molecular formula is C23H43N3O. The molecule has 4 nitrogen and oxygen atoms in total. The highest BCUT2D eigenvalue weighted by Gasteiger charge is 2.15. The van der Waals surface area contributed by atoms with Gasteiger partial charge in [0.25, 0.3) is 0 Å². The fourth-order valence-electron chi connectivity index (χ4n) is 3.49. The Hall–Kier alpha value is -1.10. The first-order valence-corrected chi connectivity index (χ1v) is 10.7. The van der Waals surface area contributed by atoms with Gasteiger partial charge in [-0.1, -0.05) is 33.3 Å². The van der Waals surface area contributed by atoms with Gasteiger partial charge in [0.15, 0.2) is 0 Å². The molecule has 1 saturated heterocycles. The van der Waals surface area contributed by atoms with Crippen molar-refractivity contribution in [3.8, 4) is 5.75 Å². The van der Waals surface area contributed by atoms with Crippen molar-refractivity contribution in [1.29, 1.82) is 0 Å². The van der Waals surface area contributed by atoms with E-state index in [9.17, 15) is 0 Å². The first-order valence-electron chi connectivity index (χ1n) is 10.7. The second kappa shape index (κ2) is 13.1. The smallest absolute Gasteiger partial charge is 0.122 e. The number of ether oxygens (including phenoxy) is 1. The number of likely N-dealkylation sites (N-methyl/N-ethyl adjacent to an activating group) is 3. The molecule has 0 radical (unpaired) electrons. The molecule has 0 aliphatic carbocycles. The lowest BCUT2D eigenvalue weighted by Gasteiger charge is -2.25. The van der Waals surface area contributed by atoms with Crippen molar-refractivity contribution in [2.75, 3.05) is 60.5 Å². The third-order valence-corrected chi connectivity index (χ3v) is 5.18. The molecule has 1 aromatic rings. The van der Waals surface area contributed by atoms with Crippen LogP contribution >= 0.6 is 0 Å². The van der Waals surface area contributed by atoms with E-state index in [2.05, 4.69) is 68.6 Å². The number of aryl methyl sites for hydroxylation is 1. The van der Waals surface area contributed by atoms with E-state index in [1.807, 2.05) is 0 Å². The summed E-state index contributed by atoms with van der Waals surface area (Å²) < 4.78 is 5.33. The number of fused-ring (bicyclic) bond motifs is 1. The fraction of sp³-hybridized carbons (Fsp3) is 0.739. The van der Waals surface area contributed by atoms with Crippen LogP contribution in [0.2, 0.25) is 0 Å². The predicted molar refractivity (Wildman–Crippen MR) is 118 cm³/mol. The Kier molecular flexibility index (Phi) is 11.7. The Balaban J connectivity index is 0.000000246. The maximum Gasteiger partial charge on any atom is 0.122 e. The van der Waals surface area contributed by atoms with Crippen LogP contribution in [0.3, 0.4) is 0 Å². The van der Waals surface area contributed by atoms with Crippen LogP contribution in [0.5, 0.6) is 5.75 Å². The quantitative estimate of drug-likeness (QED) is 0.774. The Labute approximate surface area is 168 Å². The van der Waals surface area contributed by atoms with E-state index in [4.69, 9.17) is 4.74 Å². The molecule has 4 heteroatoms. The van der Waals surface area contributed by atoms with Crippen LogP contribution in [-0.4, -0.2) is 75.2 Å². The molecule has 0 saturated carbocycles. The fourth-order valence-corrected chi connectivity index (χ4v) is 3.49. The van der Waals surface area contributed by atoms with Crippen LogP contribution in [0, 0.1) is 6.92 Å². The monoisotopic (exact) mass is 377 g/mol. The third-order valence-electron chi connectivity index (χ3n) is 5.18. The van der Waals surface area contributed by atoms with Gasteiger partial charge in [0, 0.05) is 26.2 Å². The number of benzene rings is 1. The number of methoxy groups -OCH3 is 1. The zero-order chi connectivity index (χ0) is 20.2. The Morgan fingerprint density at radius 2 is 1.59 bits per heavy atom. The highest BCUT2D eigenvalue weighted by atomic mass is 16.5. The van der Waals surface area contributed by atoms with Crippen LogP contribution in [0.1, 0.15) is 50.3 Å². The maximum absolute atomic E-state index is 5.33. The normalized spacial score (nSPS) is 18.3. The Bertz CT molecular complexity index is 533. The Morgan fingerprint density at radius 3 is 2.22 bits per heavy atom. The van der Waals surface area contributed by atoms with Gasteiger partial charge in [-0.3, -0.25) is 0 Å². The molecule has 0 N–H and O–H groups in total. The zero-order valence-corrected chi connectivity index (χ0v) is 19.0. The zero-order valence-electron chi connectivity index (χ0n) is 19.0. The molecule has 0 atom stereocenters. The summed E-state index contributed by atoms with van der Waals surface area (Å²) in [4.78, 5) is 7.27. The molecule has 0 spiro atoms. The number of hydrogen-bond donors (Lipinski definition) is 0. The molecular weight excluding hydrogens is 334 g/mol. The minimum absolute atomic E-state index is 1.01. The van der Waals surface area contributed by atoms with Crippen molar-refractivity contribution in [3.05, 3.63) is 28.8 Å². The number of rotatable bonds is 2. The van der Waals surface area contributed by atoms with Crippen molar-refractivity contribution in [2.45, 2.75) is 53.5 Å². The molecule has 2 heterocycles. The van der Waals surface area contributed by atoms with E-state index >= 15 is 0 Å². The second-order valence-corrected chi connectivity index (χ2v) is 7.88. The molecule has 0 bridgehead atoms. The van der Waals surface area contributed by atoms with Crippen molar-refractivity contribution in [1.82, 2.24) is 14.7 Å². The van der Waals surface area contributed by atoms with E-state index in [1.165, 1.54) is 68.8 Å². The minimum Gasteiger partial charge on any atom is -0.496 e. The molecule has 3 rings (SSSR count). The van der Waals surface area contributed by atoms with Crippen molar-refractivity contribution >= 4 is 0 Å². The van der Waals surface area contributed by atoms with E-state index < -0.39 is 0 Å². The van der Waals surface area contributed by atoms with Gasteiger partial charge in [0.1, 0.15) is 5.75 Å². The highest BCUT2D eigenvalue weighted by molar-refractivity contribution is 5.43. The summed E-state index contributed by atoms with van der Waals surface area (Å²) in [5, 5.41) is 0. The van der Waals surface area contributed by atoms with Crippen molar-refractivity contribution < 1.29 is 4.74 Å². The predicted octanol–water partition coefficient (Wildman–Crippen LogP) is 4.05. The van der Waals surface area contributed by atoms with E-state index in [0.717, 1.165) is 18.7 Å². The molecule has 1 aromatic carbocycles. The maximum atomic E-state index is 5.33. The summed E-state index contributed by atoms with van der Waals surface area (Å²) in [6.45, 7) is 17.1. The molecule has 0 unspecified atom stereocenters. The lowest BCUT2D eigenvalue weighted by atomic mass is 9.97. The van der Waals surface area contributed by atoms with Gasteiger partial charge in [0.2, 0.25) is 0 Å². The van der Waals surface area contributed by atoms with Gasteiger partial charge in [-0.05, 0) is 76.3 Å². The van der Waals surface area contributed by atoms with Crippen LogP contribution in [0.25, 0.3) is 0 Å². The largest absolute Gasteiger partial charge is 0.496 e. The van der Waals surface area contributed by atoms with E-state index in [0.29, 0.717) is 0 Å². The van der Waals surface area contributed by atoms with Gasteiger partial charge >= 0.3 is 0 Å². The van der Waals surface area contributed by atoms with Crippen molar-refractivity contribution in [3.63, 3.8) is 0 Å². The average Bonchev–Trinajstić information content (AvgIpc) is 2.87. The topological polar surface area (TPSA) is 19.0 Å². The van der Waals surface area contributed by atoms with Crippen LogP contribution in [0.15, 0.2) is 12.1 Å². The van der Waals surface area contributed by atoms with Crippen LogP contribution in [-0.2, 0) is 13.0 Å². The average molecular weight is 378 g/mol. The summed E-state index contributed by atoms with van der Waals surface area (Å²) in [6.07, 6.45) is 3.75. The standard InChI is InChI=1S/C12H17NO.C8H18N2.C3H8/c1-9-6-10-4-5-13(2)8-11(10)7-12(9)14-3;1-3-10-6-4-5-9(2)7-8-10;1-3-2/h6-7H,4-5,8H2,1-3H3;3-8H2,1-2H3;3H2,1-2H3. The lowest BCUT2D eigenvalue weighted by molar-refractivity contribution is 0.289. The van der Waals surface area contributed by atoms with E-state index in [1.54, 1.807) is 7.11 Å². The van der Waals surface area contributed by atoms with E-state index in [-0.39, 0.29) is 0 Å². The first kappa shape index (κ1) is 23.9. The number of hydrogen-bond acceptors (Lipinski definition) is 4. The molecule has 0 amide bonds. The van der Waals surface area contributed by atoms with Crippen molar-refractivity contribution in [2.24, 2.45) is 0 Å². The molecule has 27 heavy (non-hydrogen) atoms. The molecule has 2 aliphatic rings. The third kappa shape index (κ3) is 8.63. The highest BCUT2D eigenvalue weighted by Crippen LogP contribution is 2.26. The second-order valence-electron chi connectivity index (χ2n) is 7.88. The SMILES string of the molecule is CCC.CCN1CCCN(C)CC1.COc1cc2c(cc1C)CCN(C)C2. The summed E-state index contributed by atoms with van der Waals surface area (Å²) in [7, 11) is 6.11. The summed E-state index contributed by atoms with van der Waals surface area (Å²) in [6, 6.07) is 4.45. The summed E-state index contributed by atoms with van der Waals surface area (Å²) >= 11 is 0. The minimum atomic E-state index is 1.01. The molecule has 0 aromatic heterocycles. The van der Waals surface area contributed by atoms with Gasteiger partial charge in [-0.25, -0.2) is 0 Å². The summed E-state index contributed by atoms with van der Waals surface area (Å²) in [5.74, 6) is 1.01. The summed E-state index contributed by atoms with van der Waals surface area (Å²) in [5.41, 5.74) is 4.15. The van der Waals surface area contributed by atoms with Gasteiger partial charge in [-0.2, -0.15) is 0 Å². The van der Waals surface area contributed by atoms with Crippen LogP contribution in [0.4, 0.5) is 0 Å². The lowest BCUT2D eigenvalue weighted by Crippen LogP contribution is -2.28. The molecule has 1 fully saturated rings.